The van der Waals surface area contributed by atoms with E-state index in [0.717, 1.165) is 13.0 Å². The molecule has 2 rings (SSSR count). The Morgan fingerprint density at radius 2 is 2.32 bits per heavy atom. The molecule has 2 atom stereocenters. The lowest BCUT2D eigenvalue weighted by molar-refractivity contribution is -0.147. The van der Waals surface area contributed by atoms with Gasteiger partial charge in [0.25, 0.3) is 0 Å². The number of anilines is 1. The maximum absolute atomic E-state index is 11.5. The summed E-state index contributed by atoms with van der Waals surface area (Å²) < 4.78 is 4.82. The molecule has 3 N–H and O–H groups in total. The van der Waals surface area contributed by atoms with Crippen molar-refractivity contribution in [1.82, 2.24) is 0 Å². The van der Waals surface area contributed by atoms with E-state index in [9.17, 15) is 9.90 Å². The molecule has 0 amide bonds. The molecule has 1 aliphatic rings. The van der Waals surface area contributed by atoms with Crippen molar-refractivity contribution in [1.29, 1.82) is 0 Å². The number of fused-ring (bicyclic) bond motifs is 1. The highest BCUT2D eigenvalue weighted by atomic mass is 16.5. The van der Waals surface area contributed by atoms with Gasteiger partial charge in [0.05, 0.1) is 6.61 Å². The molecule has 0 bridgehead atoms. The average molecular weight is 264 g/mol. The predicted octanol–water partition coefficient (Wildman–Crippen LogP) is 0.603. The summed E-state index contributed by atoms with van der Waals surface area (Å²) in [5, 5.41) is 10.1. The molecule has 19 heavy (non-hydrogen) atoms. The van der Waals surface area contributed by atoms with E-state index < -0.39 is 18.1 Å². The Morgan fingerprint density at radius 3 is 3.00 bits per heavy atom. The van der Waals surface area contributed by atoms with E-state index in [1.807, 2.05) is 25.2 Å². The van der Waals surface area contributed by atoms with Crippen LogP contribution in [-0.4, -0.2) is 37.3 Å². The highest BCUT2D eigenvalue weighted by Gasteiger charge is 2.26. The number of ether oxygens (including phenoxy) is 1. The Kier molecular flexibility index (Phi) is 4.07. The number of carbonyl (C=O) groups is 1. The van der Waals surface area contributed by atoms with Gasteiger partial charge in [-0.15, -0.1) is 0 Å². The molecule has 5 heteroatoms. The lowest BCUT2D eigenvalue weighted by atomic mass is 9.99. The summed E-state index contributed by atoms with van der Waals surface area (Å²) in [6.07, 6.45) is -0.0867. The lowest BCUT2D eigenvalue weighted by Crippen LogP contribution is -2.38. The third-order valence-electron chi connectivity index (χ3n) is 3.47. The quantitative estimate of drug-likeness (QED) is 0.779. The summed E-state index contributed by atoms with van der Waals surface area (Å²) in [7, 11) is 2.03. The van der Waals surface area contributed by atoms with Crippen LogP contribution in [0.3, 0.4) is 0 Å². The molecule has 0 radical (unpaired) electrons. The lowest BCUT2D eigenvalue weighted by Gasteiger charge is -2.19. The summed E-state index contributed by atoms with van der Waals surface area (Å²) in [5.41, 5.74) is 8.72. The first-order valence-corrected chi connectivity index (χ1v) is 6.48. The van der Waals surface area contributed by atoms with Gasteiger partial charge < -0.3 is 20.5 Å². The molecule has 0 fully saturated rings. The molecule has 0 saturated heterocycles. The van der Waals surface area contributed by atoms with Gasteiger partial charge in [-0.05, 0) is 30.5 Å². The van der Waals surface area contributed by atoms with Crippen molar-refractivity contribution < 1.29 is 14.6 Å². The standard InChI is InChI=1S/C14H20N2O3/c1-3-19-14(18)12(15)13(17)10-4-5-11-9(8-10)6-7-16(11)2/h4-5,8,12-13,17H,3,6-7,15H2,1-2H3. The number of nitrogens with two attached hydrogens (primary N) is 1. The van der Waals surface area contributed by atoms with E-state index in [1.54, 1.807) is 6.92 Å². The van der Waals surface area contributed by atoms with E-state index >= 15 is 0 Å². The fraction of sp³-hybridized carbons (Fsp3) is 0.500. The second-order valence-electron chi connectivity index (χ2n) is 4.78. The maximum atomic E-state index is 11.5. The molecule has 0 aliphatic carbocycles. The number of hydrogen-bond donors (Lipinski definition) is 2. The van der Waals surface area contributed by atoms with Gasteiger partial charge in [0, 0.05) is 19.3 Å². The topological polar surface area (TPSA) is 75.8 Å². The first-order chi connectivity index (χ1) is 9.04. The zero-order chi connectivity index (χ0) is 14.0. The normalized spacial score (nSPS) is 16.9. The van der Waals surface area contributed by atoms with Gasteiger partial charge in [-0.3, -0.25) is 4.79 Å². The van der Waals surface area contributed by atoms with Crippen LogP contribution in [-0.2, 0) is 16.0 Å². The van der Waals surface area contributed by atoms with Crippen LogP contribution in [0.4, 0.5) is 5.69 Å². The minimum Gasteiger partial charge on any atom is -0.465 e. The first-order valence-electron chi connectivity index (χ1n) is 6.48. The number of esters is 1. The molecule has 2 unspecified atom stereocenters. The van der Waals surface area contributed by atoms with Gasteiger partial charge in [0.15, 0.2) is 0 Å². The minimum atomic E-state index is -1.04. The molecule has 1 heterocycles. The Morgan fingerprint density at radius 1 is 1.58 bits per heavy atom. The van der Waals surface area contributed by atoms with Crippen LogP contribution in [0.5, 0.6) is 0 Å². The molecular formula is C14H20N2O3. The van der Waals surface area contributed by atoms with Crippen LogP contribution >= 0.6 is 0 Å². The van der Waals surface area contributed by atoms with Gasteiger partial charge in [-0.2, -0.15) is 0 Å². The van der Waals surface area contributed by atoms with Crippen LogP contribution in [0.25, 0.3) is 0 Å². The molecule has 1 aliphatic heterocycles. The summed E-state index contributed by atoms with van der Waals surface area (Å²) in [6.45, 7) is 2.94. The maximum Gasteiger partial charge on any atom is 0.325 e. The smallest absolute Gasteiger partial charge is 0.325 e. The molecule has 0 spiro atoms. The monoisotopic (exact) mass is 264 g/mol. The van der Waals surface area contributed by atoms with Gasteiger partial charge >= 0.3 is 5.97 Å². The fourth-order valence-electron chi connectivity index (χ4n) is 2.35. The third-order valence-corrected chi connectivity index (χ3v) is 3.47. The second kappa shape index (κ2) is 5.59. The number of rotatable bonds is 4. The molecule has 0 aromatic heterocycles. The molecule has 1 aromatic carbocycles. The van der Waals surface area contributed by atoms with Crippen LogP contribution in [0.15, 0.2) is 18.2 Å². The molecular weight excluding hydrogens is 244 g/mol. The van der Waals surface area contributed by atoms with Crippen LogP contribution in [0, 0.1) is 0 Å². The van der Waals surface area contributed by atoms with Gasteiger partial charge in [0.1, 0.15) is 12.1 Å². The predicted molar refractivity (Wildman–Crippen MR) is 73.0 cm³/mol. The summed E-state index contributed by atoms with van der Waals surface area (Å²) >= 11 is 0. The number of hydrogen-bond acceptors (Lipinski definition) is 5. The largest absolute Gasteiger partial charge is 0.465 e. The van der Waals surface area contributed by atoms with Crippen LogP contribution < -0.4 is 10.6 Å². The minimum absolute atomic E-state index is 0.258. The third kappa shape index (κ3) is 2.72. The average Bonchev–Trinajstić information content (AvgIpc) is 2.78. The number of carbonyl (C=O) groups excluding carboxylic acids is 1. The van der Waals surface area contributed by atoms with Gasteiger partial charge in [-0.25, -0.2) is 0 Å². The Bertz CT molecular complexity index is 476. The van der Waals surface area contributed by atoms with Crippen molar-refractivity contribution in [3.8, 4) is 0 Å². The van der Waals surface area contributed by atoms with Crippen molar-refractivity contribution in [3.63, 3.8) is 0 Å². The summed E-state index contributed by atoms with van der Waals surface area (Å²) in [5.74, 6) is -0.576. The first kappa shape index (κ1) is 13.8. The Hall–Kier alpha value is -1.59. The summed E-state index contributed by atoms with van der Waals surface area (Å²) in [4.78, 5) is 13.7. The highest BCUT2D eigenvalue weighted by Crippen LogP contribution is 2.30. The van der Waals surface area contributed by atoms with E-state index in [4.69, 9.17) is 10.5 Å². The number of aliphatic hydroxyl groups is 1. The van der Waals surface area contributed by atoms with Crippen molar-refractivity contribution >= 4 is 11.7 Å². The van der Waals surface area contributed by atoms with Crippen LogP contribution in [0.2, 0.25) is 0 Å². The van der Waals surface area contributed by atoms with E-state index in [2.05, 4.69) is 4.90 Å². The Balaban J connectivity index is 2.16. The number of aliphatic hydroxyl groups excluding tert-OH is 1. The molecule has 5 nitrogen and oxygen atoms in total. The van der Waals surface area contributed by atoms with E-state index in [0.29, 0.717) is 5.56 Å². The van der Waals surface area contributed by atoms with Crippen molar-refractivity contribution in [2.24, 2.45) is 5.73 Å². The number of likely N-dealkylation sites (N-methyl/N-ethyl adjacent to an activating group) is 1. The fourth-order valence-corrected chi connectivity index (χ4v) is 2.35. The van der Waals surface area contributed by atoms with Gasteiger partial charge in [-0.1, -0.05) is 12.1 Å². The van der Waals surface area contributed by atoms with Crippen molar-refractivity contribution in [3.05, 3.63) is 29.3 Å². The second-order valence-corrected chi connectivity index (χ2v) is 4.78. The molecule has 104 valence electrons. The number of nitrogens with zero attached hydrogens (tertiary/aromatic N) is 1. The van der Waals surface area contributed by atoms with Crippen molar-refractivity contribution in [2.75, 3.05) is 25.1 Å². The number of benzene rings is 1. The SMILES string of the molecule is CCOC(=O)C(N)C(O)c1ccc2c(c1)CCN2C. The zero-order valence-corrected chi connectivity index (χ0v) is 11.3. The van der Waals surface area contributed by atoms with Crippen molar-refractivity contribution in [2.45, 2.75) is 25.5 Å². The Labute approximate surface area is 113 Å². The zero-order valence-electron chi connectivity index (χ0n) is 11.3. The van der Waals surface area contributed by atoms with E-state index in [1.165, 1.54) is 11.3 Å². The van der Waals surface area contributed by atoms with Crippen LogP contribution in [0.1, 0.15) is 24.2 Å². The highest BCUT2D eigenvalue weighted by molar-refractivity contribution is 5.76. The molecule has 0 saturated carbocycles. The summed E-state index contributed by atoms with van der Waals surface area (Å²) in [6, 6.07) is 4.64. The van der Waals surface area contributed by atoms with Gasteiger partial charge in [0.2, 0.25) is 0 Å². The van der Waals surface area contributed by atoms with E-state index in [-0.39, 0.29) is 6.61 Å². The molecule has 1 aromatic rings.